The van der Waals surface area contributed by atoms with Gasteiger partial charge in [0, 0.05) is 0 Å². The van der Waals surface area contributed by atoms with E-state index < -0.39 is 5.97 Å². The van der Waals surface area contributed by atoms with Crippen LogP contribution in [0.3, 0.4) is 0 Å². The van der Waals surface area contributed by atoms with Gasteiger partial charge in [-0.25, -0.2) is 0 Å². The zero-order valence-electron chi connectivity index (χ0n) is 9.78. The van der Waals surface area contributed by atoms with E-state index in [1.807, 2.05) is 6.08 Å². The Morgan fingerprint density at radius 3 is 2.50 bits per heavy atom. The molecule has 0 aromatic carbocycles. The number of hydrogen-bond donors (Lipinski definition) is 0. The summed E-state index contributed by atoms with van der Waals surface area (Å²) in [6, 6.07) is 0. The summed E-state index contributed by atoms with van der Waals surface area (Å²) in [5.74, 6) is 0.197. The van der Waals surface area contributed by atoms with E-state index in [4.69, 9.17) is 4.74 Å². The maximum absolute atomic E-state index is 10.6. The second-order valence-electron chi connectivity index (χ2n) is 5.11. The molecule has 0 radical (unpaired) electrons. The molecule has 0 aromatic heterocycles. The van der Waals surface area contributed by atoms with E-state index in [1.54, 1.807) is 6.92 Å². The normalized spacial score (nSPS) is 34.8. The van der Waals surface area contributed by atoms with Crippen LogP contribution in [0.4, 0.5) is 0 Å². The molecule has 0 N–H and O–H groups in total. The highest BCUT2D eigenvalue weighted by atomic mass is 16.6. The Labute approximate surface area is 96.5 Å². The first-order valence-electron chi connectivity index (χ1n) is 6.16. The number of ether oxygens (including phenoxy) is 1. The van der Waals surface area contributed by atoms with Crippen molar-refractivity contribution in [3.63, 3.8) is 0 Å². The molecule has 1 saturated carbocycles. The van der Waals surface area contributed by atoms with Crippen molar-refractivity contribution in [2.24, 2.45) is 11.8 Å². The van der Waals surface area contributed by atoms with Gasteiger partial charge < -0.3 is 14.6 Å². The van der Waals surface area contributed by atoms with Gasteiger partial charge in [0.15, 0.2) is 0 Å². The second kappa shape index (κ2) is 5.00. The van der Waals surface area contributed by atoms with Gasteiger partial charge >= 0.3 is 0 Å². The summed E-state index contributed by atoms with van der Waals surface area (Å²) in [5, 5.41) is 10.6. The van der Waals surface area contributed by atoms with Crippen molar-refractivity contribution >= 4 is 5.97 Å². The molecular weight excluding hydrogens is 204 g/mol. The van der Waals surface area contributed by atoms with Gasteiger partial charge in [-0.1, -0.05) is 6.08 Å². The Bertz CT molecular complexity index is 284. The van der Waals surface area contributed by atoms with E-state index in [-0.39, 0.29) is 0 Å². The average molecular weight is 223 g/mol. The van der Waals surface area contributed by atoms with Crippen LogP contribution in [-0.4, -0.2) is 18.7 Å². The minimum atomic E-state index is -1.03. The Kier molecular flexibility index (Phi) is 3.64. The number of carboxylic acid groups (broad SMARTS) is 1. The molecule has 90 valence electrons. The first kappa shape index (κ1) is 11.6. The highest BCUT2D eigenvalue weighted by Gasteiger charge is 2.29. The standard InChI is InChI=1S/C13H20O3/c1-9(13(14)15)6-10-2-4-11(5-3-10)7-12-8-16-12/h6,10-12H,2-5,7-8H2,1H3,(H,14,15)/p-1/b9-6+. The van der Waals surface area contributed by atoms with Gasteiger partial charge in [0.1, 0.15) is 0 Å². The van der Waals surface area contributed by atoms with Crippen molar-refractivity contribution in [2.75, 3.05) is 6.61 Å². The van der Waals surface area contributed by atoms with Crippen molar-refractivity contribution in [2.45, 2.75) is 45.1 Å². The van der Waals surface area contributed by atoms with Crippen molar-refractivity contribution in [3.05, 3.63) is 11.6 Å². The van der Waals surface area contributed by atoms with Crippen molar-refractivity contribution in [1.82, 2.24) is 0 Å². The monoisotopic (exact) mass is 223 g/mol. The first-order valence-corrected chi connectivity index (χ1v) is 6.16. The van der Waals surface area contributed by atoms with Crippen molar-refractivity contribution in [1.29, 1.82) is 0 Å². The number of carboxylic acids is 1. The SMILES string of the molecule is C/C(=C\C1CCC(CC2CO2)CC1)C(=O)[O-]. The van der Waals surface area contributed by atoms with Crippen molar-refractivity contribution < 1.29 is 14.6 Å². The zero-order valence-corrected chi connectivity index (χ0v) is 9.78. The molecule has 3 heteroatoms. The zero-order chi connectivity index (χ0) is 11.5. The van der Waals surface area contributed by atoms with Gasteiger partial charge in [0.25, 0.3) is 0 Å². The number of carbonyl (C=O) groups is 1. The van der Waals surface area contributed by atoms with Gasteiger partial charge in [-0.15, -0.1) is 0 Å². The topological polar surface area (TPSA) is 52.7 Å². The molecule has 0 bridgehead atoms. The number of carbonyl (C=O) groups excluding carboxylic acids is 1. The lowest BCUT2D eigenvalue weighted by Gasteiger charge is -2.26. The lowest BCUT2D eigenvalue weighted by Crippen LogP contribution is -2.24. The van der Waals surface area contributed by atoms with Crippen LogP contribution in [0.1, 0.15) is 39.0 Å². The van der Waals surface area contributed by atoms with Crippen LogP contribution >= 0.6 is 0 Å². The minimum Gasteiger partial charge on any atom is -0.545 e. The average Bonchev–Trinajstić information content (AvgIpc) is 3.04. The fourth-order valence-corrected chi connectivity index (χ4v) is 2.59. The molecule has 0 amide bonds. The largest absolute Gasteiger partial charge is 0.545 e. The predicted octanol–water partition coefficient (Wildman–Crippen LogP) is 1.28. The Morgan fingerprint density at radius 1 is 1.38 bits per heavy atom. The van der Waals surface area contributed by atoms with Crippen LogP contribution < -0.4 is 5.11 Å². The molecule has 1 atom stereocenters. The highest BCUT2D eigenvalue weighted by molar-refractivity contribution is 5.83. The molecule has 3 nitrogen and oxygen atoms in total. The summed E-state index contributed by atoms with van der Waals surface area (Å²) >= 11 is 0. The summed E-state index contributed by atoms with van der Waals surface area (Å²) in [4.78, 5) is 10.6. The number of hydrogen-bond acceptors (Lipinski definition) is 3. The summed E-state index contributed by atoms with van der Waals surface area (Å²) < 4.78 is 5.24. The highest BCUT2D eigenvalue weighted by Crippen LogP contribution is 2.35. The molecule has 1 unspecified atom stereocenters. The number of rotatable bonds is 4. The molecule has 1 aliphatic carbocycles. The molecular formula is C13H19O3-. The molecule has 0 spiro atoms. The lowest BCUT2D eigenvalue weighted by atomic mass is 9.79. The molecule has 2 rings (SSSR count). The van der Waals surface area contributed by atoms with Gasteiger partial charge in [-0.05, 0) is 56.4 Å². The fraction of sp³-hybridized carbons (Fsp3) is 0.769. The second-order valence-corrected chi connectivity index (χ2v) is 5.11. The number of allylic oxidation sites excluding steroid dienone is 1. The van der Waals surface area contributed by atoms with E-state index in [1.165, 1.54) is 19.3 Å². The van der Waals surface area contributed by atoms with Gasteiger partial charge in [0.2, 0.25) is 0 Å². The van der Waals surface area contributed by atoms with Crippen LogP contribution in [0.15, 0.2) is 11.6 Å². The smallest absolute Gasteiger partial charge is 0.0812 e. The minimum absolute atomic E-state index is 0.383. The third kappa shape index (κ3) is 3.34. The summed E-state index contributed by atoms with van der Waals surface area (Å²) in [5.41, 5.74) is 0.383. The van der Waals surface area contributed by atoms with Crippen LogP contribution in [0.5, 0.6) is 0 Å². The van der Waals surface area contributed by atoms with E-state index >= 15 is 0 Å². The van der Waals surface area contributed by atoms with Crippen molar-refractivity contribution in [3.8, 4) is 0 Å². The molecule has 16 heavy (non-hydrogen) atoms. The molecule has 1 saturated heterocycles. The lowest BCUT2D eigenvalue weighted by molar-refractivity contribution is -0.299. The van der Waals surface area contributed by atoms with Gasteiger partial charge in [0.05, 0.1) is 18.7 Å². The molecule has 0 aromatic rings. The van der Waals surface area contributed by atoms with Gasteiger partial charge in [-0.2, -0.15) is 0 Å². The molecule has 2 fully saturated rings. The predicted molar refractivity (Wildman–Crippen MR) is 58.6 cm³/mol. The van der Waals surface area contributed by atoms with E-state index in [0.717, 1.165) is 25.4 Å². The summed E-state index contributed by atoms with van der Waals surface area (Å²) in [6.07, 6.45) is 8.25. The number of aliphatic carboxylic acids is 1. The van der Waals surface area contributed by atoms with E-state index in [0.29, 0.717) is 17.6 Å². The maximum atomic E-state index is 10.6. The van der Waals surface area contributed by atoms with Crippen LogP contribution in [0.2, 0.25) is 0 Å². The first-order chi connectivity index (χ1) is 7.65. The third-order valence-electron chi connectivity index (χ3n) is 3.70. The number of epoxide rings is 1. The fourth-order valence-electron chi connectivity index (χ4n) is 2.59. The summed E-state index contributed by atoms with van der Waals surface area (Å²) in [7, 11) is 0. The Hall–Kier alpha value is -0.830. The molecule has 2 aliphatic rings. The van der Waals surface area contributed by atoms with Crippen LogP contribution in [0, 0.1) is 11.8 Å². The summed E-state index contributed by atoms with van der Waals surface area (Å²) in [6.45, 7) is 2.57. The van der Waals surface area contributed by atoms with Crippen LogP contribution in [0.25, 0.3) is 0 Å². The quantitative estimate of drug-likeness (QED) is 0.533. The maximum Gasteiger partial charge on any atom is 0.0812 e. The van der Waals surface area contributed by atoms with Crippen LogP contribution in [-0.2, 0) is 9.53 Å². The van der Waals surface area contributed by atoms with E-state index in [2.05, 4.69) is 0 Å². The Morgan fingerprint density at radius 2 is 2.00 bits per heavy atom. The van der Waals surface area contributed by atoms with E-state index in [9.17, 15) is 9.90 Å². The third-order valence-corrected chi connectivity index (χ3v) is 3.70. The molecule has 1 aliphatic heterocycles. The molecule has 1 heterocycles. The Balaban J connectivity index is 1.75. The van der Waals surface area contributed by atoms with Gasteiger partial charge in [-0.3, -0.25) is 0 Å².